The van der Waals surface area contributed by atoms with Crippen LogP contribution in [0.1, 0.15) is 17.2 Å². The first-order valence-electron chi connectivity index (χ1n) is 11.9. The van der Waals surface area contributed by atoms with Crippen LogP contribution in [0.5, 0.6) is 17.2 Å². The van der Waals surface area contributed by atoms with Gasteiger partial charge in [-0.2, -0.15) is 0 Å². The van der Waals surface area contributed by atoms with E-state index in [2.05, 4.69) is 5.32 Å². The van der Waals surface area contributed by atoms with E-state index in [0.717, 1.165) is 4.90 Å². The molecule has 3 aromatic carbocycles. The number of aromatic hydroxyl groups is 1. The van der Waals surface area contributed by atoms with Crippen LogP contribution in [0.15, 0.2) is 72.8 Å². The first-order chi connectivity index (χ1) is 18.0. The fraction of sp³-hybridized carbons (Fsp3) is 0.250. The minimum absolute atomic E-state index is 0.0623. The van der Waals surface area contributed by atoms with Gasteiger partial charge in [0.15, 0.2) is 17.0 Å². The average molecular weight is 501 g/mol. The summed E-state index contributed by atoms with van der Waals surface area (Å²) in [5, 5.41) is 13.2. The van der Waals surface area contributed by atoms with Gasteiger partial charge in [0.05, 0.1) is 24.6 Å². The van der Waals surface area contributed by atoms with E-state index < -0.39 is 41.2 Å². The maximum absolute atomic E-state index is 14.2. The zero-order chi connectivity index (χ0) is 25.7. The Morgan fingerprint density at radius 1 is 0.973 bits per heavy atom. The van der Waals surface area contributed by atoms with E-state index in [9.17, 15) is 19.5 Å². The molecule has 0 aromatic heterocycles. The van der Waals surface area contributed by atoms with Crippen LogP contribution >= 0.6 is 0 Å². The van der Waals surface area contributed by atoms with Crippen LogP contribution in [0, 0.1) is 11.8 Å². The van der Waals surface area contributed by atoms with Crippen LogP contribution in [0.2, 0.25) is 0 Å². The highest BCUT2D eigenvalue weighted by Crippen LogP contribution is 2.54. The monoisotopic (exact) mass is 500 g/mol. The number of hydrogen-bond donors (Lipinski definition) is 2. The summed E-state index contributed by atoms with van der Waals surface area (Å²) in [6, 6.07) is 19.4. The number of methoxy groups -OCH3 is 1. The minimum Gasteiger partial charge on any atom is -0.508 e. The van der Waals surface area contributed by atoms with Crippen molar-refractivity contribution in [2.75, 3.05) is 25.2 Å². The number of ether oxygens (including phenoxy) is 3. The molecule has 0 unspecified atom stereocenters. The number of imide groups is 1. The van der Waals surface area contributed by atoms with Crippen LogP contribution < -0.4 is 19.7 Å². The molecule has 0 radical (unpaired) electrons. The summed E-state index contributed by atoms with van der Waals surface area (Å²) in [5.74, 6) is -2.59. The molecule has 0 aliphatic carbocycles. The fourth-order valence-electron chi connectivity index (χ4n) is 5.73. The number of rotatable bonds is 4. The Labute approximate surface area is 212 Å². The number of anilines is 1. The molecule has 9 nitrogen and oxygen atoms in total. The molecule has 2 saturated heterocycles. The predicted molar refractivity (Wildman–Crippen MR) is 131 cm³/mol. The Kier molecular flexibility index (Phi) is 5.38. The van der Waals surface area contributed by atoms with E-state index >= 15 is 0 Å². The molecule has 3 aliphatic heterocycles. The first kappa shape index (κ1) is 23.1. The van der Waals surface area contributed by atoms with Gasteiger partial charge in [0.25, 0.3) is 0 Å². The summed E-state index contributed by atoms with van der Waals surface area (Å²) in [7, 11) is 1.26. The van der Waals surface area contributed by atoms with E-state index in [0.29, 0.717) is 41.5 Å². The lowest BCUT2D eigenvalue weighted by atomic mass is 9.75. The number of phenols is 1. The molecule has 2 N–H and O–H groups in total. The maximum Gasteiger partial charge on any atom is 0.331 e. The molecule has 2 amide bonds. The van der Waals surface area contributed by atoms with E-state index in [1.165, 1.54) is 19.2 Å². The minimum atomic E-state index is -1.61. The average Bonchev–Trinajstić information content (AvgIpc) is 3.43. The van der Waals surface area contributed by atoms with Gasteiger partial charge < -0.3 is 19.3 Å². The van der Waals surface area contributed by atoms with Gasteiger partial charge in [0, 0.05) is 12.1 Å². The molecule has 188 valence electrons. The fourth-order valence-corrected chi connectivity index (χ4v) is 5.73. The van der Waals surface area contributed by atoms with Crippen molar-refractivity contribution in [3.63, 3.8) is 0 Å². The number of fused-ring (bicyclic) bond motifs is 2. The van der Waals surface area contributed by atoms with E-state index in [1.807, 2.05) is 6.07 Å². The number of carbonyl (C=O) groups excluding carboxylic acids is 3. The number of carbonyl (C=O) groups is 3. The van der Waals surface area contributed by atoms with Crippen molar-refractivity contribution < 1.29 is 33.7 Å². The lowest BCUT2D eigenvalue weighted by molar-refractivity contribution is -0.152. The molecular weight excluding hydrogens is 476 g/mol. The first-order valence-corrected chi connectivity index (χ1v) is 11.9. The lowest BCUT2D eigenvalue weighted by Crippen LogP contribution is -2.53. The third kappa shape index (κ3) is 3.38. The summed E-state index contributed by atoms with van der Waals surface area (Å²) in [4.78, 5) is 42.9. The summed E-state index contributed by atoms with van der Waals surface area (Å²) in [6.07, 6.45) is 0. The van der Waals surface area contributed by atoms with Crippen molar-refractivity contribution in [3.8, 4) is 17.2 Å². The highest BCUT2D eigenvalue weighted by molar-refractivity contribution is 6.24. The van der Waals surface area contributed by atoms with Gasteiger partial charge in [-0.05, 0) is 35.4 Å². The molecule has 3 heterocycles. The molecule has 6 rings (SSSR count). The number of nitrogens with one attached hydrogen (secondary N) is 1. The van der Waals surface area contributed by atoms with Crippen LogP contribution in [0.3, 0.4) is 0 Å². The normalized spacial score (nSPS) is 26.2. The van der Waals surface area contributed by atoms with E-state index in [4.69, 9.17) is 14.2 Å². The van der Waals surface area contributed by atoms with Gasteiger partial charge in [-0.25, -0.2) is 9.69 Å². The summed E-state index contributed by atoms with van der Waals surface area (Å²) < 4.78 is 16.5. The van der Waals surface area contributed by atoms with Crippen LogP contribution in [0.4, 0.5) is 5.69 Å². The standard InChI is InChI=1S/C28H24N2O7/c1-35-27(34)28(17-5-3-2-4-6-17)23-22(24(29-28)16-7-10-19(31)11-8-16)25(32)30(26(23)33)18-9-12-20-21(15-18)37-14-13-36-20/h2-12,15,22-24,29,31H,13-14H2,1H3/t22-,23+,24-,28-/m0/s1. The molecule has 0 bridgehead atoms. The number of hydrogen-bond acceptors (Lipinski definition) is 8. The second kappa shape index (κ2) is 8.63. The van der Waals surface area contributed by atoms with Crippen LogP contribution in [-0.2, 0) is 24.7 Å². The second-order valence-corrected chi connectivity index (χ2v) is 9.22. The van der Waals surface area contributed by atoms with Crippen molar-refractivity contribution in [1.29, 1.82) is 0 Å². The Bertz CT molecular complexity index is 1390. The summed E-state index contributed by atoms with van der Waals surface area (Å²) >= 11 is 0. The zero-order valence-electron chi connectivity index (χ0n) is 19.9. The maximum atomic E-state index is 14.2. The van der Waals surface area contributed by atoms with Gasteiger partial charge >= 0.3 is 5.97 Å². The van der Waals surface area contributed by atoms with Gasteiger partial charge in [0.1, 0.15) is 19.0 Å². The molecule has 2 fully saturated rings. The largest absolute Gasteiger partial charge is 0.508 e. The number of nitrogens with zero attached hydrogens (tertiary/aromatic N) is 1. The third-order valence-corrected chi connectivity index (χ3v) is 7.33. The highest BCUT2D eigenvalue weighted by atomic mass is 16.6. The molecule has 0 spiro atoms. The van der Waals surface area contributed by atoms with Crippen molar-refractivity contribution >= 4 is 23.5 Å². The number of esters is 1. The van der Waals surface area contributed by atoms with Crippen molar-refractivity contribution in [3.05, 3.63) is 83.9 Å². The SMILES string of the molecule is COC(=O)[C@@]1(c2ccccc2)N[C@@H](c2ccc(O)cc2)[C@H]2C(=O)N(c3ccc4c(c3)OCCO4)C(=O)[C@@H]21. The quantitative estimate of drug-likeness (QED) is 0.415. The Hall–Kier alpha value is -4.37. The molecule has 9 heteroatoms. The van der Waals surface area contributed by atoms with Crippen molar-refractivity contribution in [2.24, 2.45) is 11.8 Å². The topological polar surface area (TPSA) is 114 Å². The molecule has 4 atom stereocenters. The Morgan fingerprint density at radius 2 is 1.68 bits per heavy atom. The molecule has 3 aromatic rings. The van der Waals surface area contributed by atoms with Gasteiger partial charge in [-0.3, -0.25) is 14.9 Å². The third-order valence-electron chi connectivity index (χ3n) is 7.33. The van der Waals surface area contributed by atoms with Crippen molar-refractivity contribution in [2.45, 2.75) is 11.6 Å². The highest BCUT2D eigenvalue weighted by Gasteiger charge is 2.69. The number of phenolic OH excluding ortho intramolecular Hbond substituents is 1. The summed E-state index contributed by atoms with van der Waals surface area (Å²) in [5.41, 5.74) is -0.105. The van der Waals surface area contributed by atoms with Crippen molar-refractivity contribution in [1.82, 2.24) is 5.32 Å². The number of benzene rings is 3. The predicted octanol–water partition coefficient (Wildman–Crippen LogP) is 2.68. The number of amides is 2. The van der Waals surface area contributed by atoms with E-state index in [1.54, 1.807) is 54.6 Å². The lowest BCUT2D eigenvalue weighted by Gasteiger charge is -2.33. The smallest absolute Gasteiger partial charge is 0.331 e. The molecular formula is C28H24N2O7. The molecule has 3 aliphatic rings. The van der Waals surface area contributed by atoms with Crippen LogP contribution in [0.25, 0.3) is 0 Å². The molecule has 0 saturated carbocycles. The van der Waals surface area contributed by atoms with E-state index in [-0.39, 0.29) is 5.75 Å². The summed E-state index contributed by atoms with van der Waals surface area (Å²) in [6.45, 7) is 0.771. The second-order valence-electron chi connectivity index (χ2n) is 9.22. The Balaban J connectivity index is 1.52. The zero-order valence-corrected chi connectivity index (χ0v) is 19.9. The Morgan fingerprint density at radius 3 is 2.38 bits per heavy atom. The molecule has 37 heavy (non-hydrogen) atoms. The van der Waals surface area contributed by atoms with Crippen LogP contribution in [-0.4, -0.2) is 43.2 Å². The van der Waals surface area contributed by atoms with Gasteiger partial charge in [0.2, 0.25) is 11.8 Å². The van der Waals surface area contributed by atoms with Gasteiger partial charge in [-0.15, -0.1) is 0 Å². The van der Waals surface area contributed by atoms with Gasteiger partial charge in [-0.1, -0.05) is 42.5 Å².